The summed E-state index contributed by atoms with van der Waals surface area (Å²) in [5, 5.41) is 2.93. The van der Waals surface area contributed by atoms with Gasteiger partial charge >= 0.3 is 0 Å². The van der Waals surface area contributed by atoms with Crippen molar-refractivity contribution in [2.24, 2.45) is 11.7 Å². The van der Waals surface area contributed by atoms with Crippen LogP contribution in [-0.4, -0.2) is 18.5 Å². The third-order valence-corrected chi connectivity index (χ3v) is 4.88. The van der Waals surface area contributed by atoms with Crippen molar-refractivity contribution in [3.8, 4) is 0 Å². The van der Waals surface area contributed by atoms with Crippen molar-refractivity contribution in [2.45, 2.75) is 38.1 Å². The molecule has 1 atom stereocenters. The molecule has 1 amide bonds. The van der Waals surface area contributed by atoms with Gasteiger partial charge in [0.1, 0.15) is 5.82 Å². The normalized spacial score (nSPS) is 17.8. The van der Waals surface area contributed by atoms with Crippen LogP contribution in [0.25, 0.3) is 0 Å². The molecular formula is C15H20FIN2O. The second kappa shape index (κ2) is 7.36. The molecule has 0 heterocycles. The average molecular weight is 390 g/mol. The predicted octanol–water partition coefficient (Wildman–Crippen LogP) is 3.07. The fraction of sp³-hybridized carbons (Fsp3) is 0.533. The molecule has 1 fully saturated rings. The van der Waals surface area contributed by atoms with Crippen LogP contribution in [0.2, 0.25) is 0 Å². The molecule has 1 aliphatic carbocycles. The summed E-state index contributed by atoms with van der Waals surface area (Å²) in [7, 11) is 0. The van der Waals surface area contributed by atoms with Gasteiger partial charge in [0.25, 0.3) is 5.91 Å². The molecule has 1 saturated carbocycles. The zero-order chi connectivity index (χ0) is 14.5. The SMILES string of the molecule is NCC(NC(=O)c1c(F)cccc1I)C1CCCCC1. The van der Waals surface area contributed by atoms with E-state index in [1.807, 2.05) is 22.6 Å². The molecule has 0 radical (unpaired) electrons. The summed E-state index contributed by atoms with van der Waals surface area (Å²) in [6, 6.07) is 4.60. The zero-order valence-electron chi connectivity index (χ0n) is 11.4. The van der Waals surface area contributed by atoms with E-state index in [1.165, 1.54) is 25.3 Å². The van der Waals surface area contributed by atoms with Gasteiger partial charge in [-0.25, -0.2) is 4.39 Å². The molecule has 1 unspecified atom stereocenters. The van der Waals surface area contributed by atoms with Gasteiger partial charge in [0, 0.05) is 16.2 Å². The minimum atomic E-state index is -0.478. The summed E-state index contributed by atoms with van der Waals surface area (Å²) in [5.41, 5.74) is 5.92. The lowest BCUT2D eigenvalue weighted by molar-refractivity contribution is 0.0910. The molecule has 0 aliphatic heterocycles. The van der Waals surface area contributed by atoms with Crippen molar-refractivity contribution in [1.82, 2.24) is 5.32 Å². The number of nitrogens with two attached hydrogens (primary N) is 1. The largest absolute Gasteiger partial charge is 0.348 e. The van der Waals surface area contributed by atoms with Crippen molar-refractivity contribution in [2.75, 3.05) is 6.54 Å². The Kier molecular flexibility index (Phi) is 5.77. The topological polar surface area (TPSA) is 55.1 Å². The van der Waals surface area contributed by atoms with E-state index in [4.69, 9.17) is 5.73 Å². The van der Waals surface area contributed by atoms with Crippen LogP contribution in [0.1, 0.15) is 42.5 Å². The Balaban J connectivity index is 2.09. The van der Waals surface area contributed by atoms with Crippen molar-refractivity contribution in [3.63, 3.8) is 0 Å². The fourth-order valence-electron chi connectivity index (χ4n) is 2.86. The van der Waals surface area contributed by atoms with Crippen LogP contribution >= 0.6 is 22.6 Å². The molecule has 0 bridgehead atoms. The molecule has 0 aromatic heterocycles. The maximum atomic E-state index is 13.8. The van der Waals surface area contributed by atoms with Crippen LogP contribution in [0, 0.1) is 15.3 Å². The van der Waals surface area contributed by atoms with Gasteiger partial charge in [-0.15, -0.1) is 0 Å². The van der Waals surface area contributed by atoms with Crippen molar-refractivity contribution < 1.29 is 9.18 Å². The van der Waals surface area contributed by atoms with Crippen LogP contribution in [0.4, 0.5) is 4.39 Å². The number of halogens is 2. The average Bonchev–Trinajstić information content (AvgIpc) is 2.45. The van der Waals surface area contributed by atoms with Gasteiger partial charge in [0.2, 0.25) is 0 Å². The number of carbonyl (C=O) groups excluding carboxylic acids is 1. The molecule has 3 nitrogen and oxygen atoms in total. The van der Waals surface area contributed by atoms with Gasteiger partial charge in [0.05, 0.1) is 5.56 Å². The molecular weight excluding hydrogens is 370 g/mol. The Hall–Kier alpha value is -0.690. The first-order valence-electron chi connectivity index (χ1n) is 7.08. The number of rotatable bonds is 4. The van der Waals surface area contributed by atoms with E-state index in [0.717, 1.165) is 12.8 Å². The van der Waals surface area contributed by atoms with Crippen molar-refractivity contribution in [3.05, 3.63) is 33.1 Å². The molecule has 20 heavy (non-hydrogen) atoms. The number of benzene rings is 1. The van der Waals surface area contributed by atoms with E-state index in [0.29, 0.717) is 16.0 Å². The Morgan fingerprint density at radius 1 is 1.40 bits per heavy atom. The summed E-state index contributed by atoms with van der Waals surface area (Å²) in [4.78, 5) is 12.3. The molecule has 1 aliphatic rings. The third-order valence-electron chi connectivity index (χ3n) is 3.98. The summed E-state index contributed by atoms with van der Waals surface area (Å²) in [5.74, 6) is -0.413. The van der Waals surface area contributed by atoms with Gasteiger partial charge in [-0.1, -0.05) is 25.3 Å². The number of hydrogen-bond donors (Lipinski definition) is 2. The number of carbonyl (C=O) groups is 1. The van der Waals surface area contributed by atoms with Crippen LogP contribution < -0.4 is 11.1 Å². The first kappa shape index (κ1) is 15.7. The van der Waals surface area contributed by atoms with Crippen LogP contribution in [-0.2, 0) is 0 Å². The standard InChI is InChI=1S/C15H20FIN2O/c16-11-7-4-8-12(17)14(11)15(20)19-13(9-18)10-5-2-1-3-6-10/h4,7-8,10,13H,1-3,5-6,9,18H2,(H,19,20). The van der Waals surface area contributed by atoms with Gasteiger partial charge in [-0.05, 0) is 53.5 Å². The zero-order valence-corrected chi connectivity index (χ0v) is 13.5. The number of nitrogens with one attached hydrogen (secondary N) is 1. The Morgan fingerprint density at radius 3 is 2.70 bits per heavy atom. The van der Waals surface area contributed by atoms with Gasteiger partial charge in [-0.3, -0.25) is 4.79 Å². The summed E-state index contributed by atoms with van der Waals surface area (Å²) in [6.45, 7) is 0.404. The summed E-state index contributed by atoms with van der Waals surface area (Å²) < 4.78 is 14.4. The Labute approximate surface area is 132 Å². The van der Waals surface area contributed by atoms with E-state index in [2.05, 4.69) is 5.32 Å². The summed E-state index contributed by atoms with van der Waals surface area (Å²) >= 11 is 1.98. The highest BCUT2D eigenvalue weighted by Crippen LogP contribution is 2.26. The monoisotopic (exact) mass is 390 g/mol. The van der Waals surface area contributed by atoms with Gasteiger partial charge < -0.3 is 11.1 Å². The molecule has 0 spiro atoms. The van der Waals surface area contributed by atoms with E-state index in [-0.39, 0.29) is 17.5 Å². The third kappa shape index (κ3) is 3.69. The molecule has 2 rings (SSSR count). The van der Waals surface area contributed by atoms with Crippen LogP contribution in [0.5, 0.6) is 0 Å². The van der Waals surface area contributed by atoms with Crippen molar-refractivity contribution >= 4 is 28.5 Å². The lowest BCUT2D eigenvalue weighted by atomic mass is 9.84. The fourth-order valence-corrected chi connectivity index (χ4v) is 3.57. The van der Waals surface area contributed by atoms with Crippen LogP contribution in [0.15, 0.2) is 18.2 Å². The number of amides is 1. The minimum absolute atomic E-state index is 0.0572. The molecule has 1 aromatic carbocycles. The highest BCUT2D eigenvalue weighted by Gasteiger charge is 2.25. The van der Waals surface area contributed by atoms with Crippen molar-refractivity contribution in [1.29, 1.82) is 0 Å². The van der Waals surface area contributed by atoms with E-state index < -0.39 is 5.82 Å². The minimum Gasteiger partial charge on any atom is -0.348 e. The second-order valence-corrected chi connectivity index (χ2v) is 6.47. The number of hydrogen-bond acceptors (Lipinski definition) is 2. The van der Waals surface area contributed by atoms with E-state index in [9.17, 15) is 9.18 Å². The smallest absolute Gasteiger partial charge is 0.255 e. The van der Waals surface area contributed by atoms with E-state index >= 15 is 0 Å². The van der Waals surface area contributed by atoms with E-state index in [1.54, 1.807) is 12.1 Å². The molecule has 3 N–H and O–H groups in total. The lowest BCUT2D eigenvalue weighted by Crippen LogP contribution is -2.46. The van der Waals surface area contributed by atoms with Gasteiger partial charge in [0.15, 0.2) is 0 Å². The first-order chi connectivity index (χ1) is 9.63. The second-order valence-electron chi connectivity index (χ2n) is 5.31. The Bertz CT molecular complexity index is 455. The highest BCUT2D eigenvalue weighted by atomic mass is 127. The molecule has 5 heteroatoms. The molecule has 110 valence electrons. The predicted molar refractivity (Wildman–Crippen MR) is 86.0 cm³/mol. The molecule has 1 aromatic rings. The molecule has 0 saturated heterocycles. The first-order valence-corrected chi connectivity index (χ1v) is 8.16. The van der Waals surface area contributed by atoms with Crippen LogP contribution in [0.3, 0.4) is 0 Å². The maximum Gasteiger partial charge on any atom is 0.255 e. The Morgan fingerprint density at radius 2 is 2.10 bits per heavy atom. The van der Waals surface area contributed by atoms with Gasteiger partial charge in [-0.2, -0.15) is 0 Å². The highest BCUT2D eigenvalue weighted by molar-refractivity contribution is 14.1. The quantitative estimate of drug-likeness (QED) is 0.777. The maximum absolute atomic E-state index is 13.8. The lowest BCUT2D eigenvalue weighted by Gasteiger charge is -2.30. The summed E-state index contributed by atoms with van der Waals surface area (Å²) in [6.07, 6.45) is 5.82.